The van der Waals surface area contributed by atoms with Crippen LogP contribution in [0.1, 0.15) is 0 Å². The minimum absolute atomic E-state index is 0.908. The molecule has 3 heterocycles. The fourth-order valence-corrected chi connectivity index (χ4v) is 4.43. The topological polar surface area (TPSA) is 42.1 Å². The Bertz CT molecular complexity index is 1550. The number of hydrogen-bond donors (Lipinski definition) is 1. The molecule has 0 atom stereocenters. The van der Waals surface area contributed by atoms with Crippen molar-refractivity contribution < 1.29 is 8.83 Å². The summed E-state index contributed by atoms with van der Waals surface area (Å²) in [6.45, 7) is 0. The van der Waals surface area contributed by atoms with Gasteiger partial charge >= 0.3 is 0 Å². The van der Waals surface area contributed by atoms with E-state index >= 15 is 0 Å². The lowest BCUT2D eigenvalue weighted by Gasteiger charge is -1.95. The standard InChI is InChI=1S/C24H13NO2/c1-3-7-19-13(5-1)15-9-11-17-21(23(15)26-19)22-18(25-17)12-10-16-14-6-2-4-8-20(14)27-24(16)22/h1-12,25H. The van der Waals surface area contributed by atoms with Crippen LogP contribution in [0.2, 0.25) is 0 Å². The van der Waals surface area contributed by atoms with Gasteiger partial charge in [0, 0.05) is 21.5 Å². The lowest BCUT2D eigenvalue weighted by molar-refractivity contribution is 0.670. The zero-order chi connectivity index (χ0) is 17.5. The molecule has 27 heavy (non-hydrogen) atoms. The first-order valence-electron chi connectivity index (χ1n) is 9.04. The van der Waals surface area contributed by atoms with E-state index in [0.717, 1.165) is 65.7 Å². The number of para-hydroxylation sites is 2. The van der Waals surface area contributed by atoms with E-state index in [-0.39, 0.29) is 0 Å². The van der Waals surface area contributed by atoms with Gasteiger partial charge < -0.3 is 13.8 Å². The maximum absolute atomic E-state index is 6.29. The number of aromatic nitrogens is 1. The van der Waals surface area contributed by atoms with Gasteiger partial charge in [0.1, 0.15) is 22.3 Å². The van der Waals surface area contributed by atoms with Crippen LogP contribution in [0.25, 0.3) is 65.7 Å². The molecular formula is C24H13NO2. The Hall–Kier alpha value is -3.72. The first-order valence-corrected chi connectivity index (χ1v) is 9.04. The molecule has 0 aliphatic heterocycles. The summed E-state index contributed by atoms with van der Waals surface area (Å²) in [5, 5.41) is 6.71. The van der Waals surface area contributed by atoms with Gasteiger partial charge in [0.15, 0.2) is 0 Å². The summed E-state index contributed by atoms with van der Waals surface area (Å²) in [6.07, 6.45) is 0. The van der Waals surface area contributed by atoms with E-state index in [1.54, 1.807) is 0 Å². The van der Waals surface area contributed by atoms with Crippen molar-refractivity contribution >= 4 is 65.7 Å². The van der Waals surface area contributed by atoms with Gasteiger partial charge in [0.05, 0.1) is 21.8 Å². The molecule has 0 amide bonds. The summed E-state index contributed by atoms with van der Waals surface area (Å²) in [5.74, 6) is 0. The molecule has 0 saturated carbocycles. The van der Waals surface area contributed by atoms with E-state index < -0.39 is 0 Å². The Kier molecular flexibility index (Phi) is 2.25. The highest BCUT2D eigenvalue weighted by molar-refractivity contribution is 6.29. The summed E-state index contributed by atoms with van der Waals surface area (Å²) >= 11 is 0. The molecule has 3 heteroatoms. The molecule has 0 saturated heterocycles. The van der Waals surface area contributed by atoms with Crippen LogP contribution >= 0.6 is 0 Å². The number of fused-ring (bicyclic) bond motifs is 11. The average molecular weight is 347 g/mol. The van der Waals surface area contributed by atoms with Gasteiger partial charge in [-0.05, 0) is 36.4 Å². The normalized spacial score (nSPS) is 12.4. The molecule has 1 N–H and O–H groups in total. The molecule has 3 aromatic heterocycles. The summed E-state index contributed by atoms with van der Waals surface area (Å²) in [4.78, 5) is 3.53. The molecule has 3 nitrogen and oxygen atoms in total. The van der Waals surface area contributed by atoms with Crippen LogP contribution in [-0.2, 0) is 0 Å². The number of furan rings is 2. The molecule has 0 fully saturated rings. The third-order valence-corrected chi connectivity index (χ3v) is 5.61. The highest BCUT2D eigenvalue weighted by atomic mass is 16.3. The van der Waals surface area contributed by atoms with Crippen LogP contribution in [0.15, 0.2) is 81.6 Å². The summed E-state index contributed by atoms with van der Waals surface area (Å²) in [7, 11) is 0. The second kappa shape index (κ2) is 4.51. The largest absolute Gasteiger partial charge is 0.455 e. The molecular weight excluding hydrogens is 334 g/mol. The second-order valence-corrected chi connectivity index (χ2v) is 7.05. The number of H-pyrrole nitrogens is 1. The SMILES string of the molecule is c1ccc2c(c1)oc1c2ccc2[nH]c3ccc4c5ccccc5oc4c3c21. The number of aromatic amines is 1. The molecule has 0 unspecified atom stereocenters. The van der Waals surface area contributed by atoms with Crippen LogP contribution in [0.5, 0.6) is 0 Å². The van der Waals surface area contributed by atoms with Crippen molar-refractivity contribution in [3.8, 4) is 0 Å². The summed E-state index contributed by atoms with van der Waals surface area (Å²) < 4.78 is 12.6. The van der Waals surface area contributed by atoms with Gasteiger partial charge in [-0.1, -0.05) is 36.4 Å². The Balaban J connectivity index is 1.81. The van der Waals surface area contributed by atoms with Crippen LogP contribution in [-0.4, -0.2) is 4.98 Å². The van der Waals surface area contributed by atoms with E-state index in [0.29, 0.717) is 0 Å². The smallest absolute Gasteiger partial charge is 0.145 e. The molecule has 0 radical (unpaired) electrons. The van der Waals surface area contributed by atoms with E-state index in [1.807, 2.05) is 36.4 Å². The van der Waals surface area contributed by atoms with Crippen LogP contribution < -0.4 is 0 Å². The van der Waals surface area contributed by atoms with Gasteiger partial charge in [0.25, 0.3) is 0 Å². The maximum Gasteiger partial charge on any atom is 0.145 e. The molecule has 126 valence electrons. The van der Waals surface area contributed by atoms with Gasteiger partial charge in [0.2, 0.25) is 0 Å². The van der Waals surface area contributed by atoms with Gasteiger partial charge in [-0.15, -0.1) is 0 Å². The van der Waals surface area contributed by atoms with Crippen LogP contribution in [0.3, 0.4) is 0 Å². The molecule has 4 aromatic carbocycles. The highest BCUT2D eigenvalue weighted by Crippen LogP contribution is 2.42. The van der Waals surface area contributed by atoms with E-state index in [2.05, 4.69) is 41.4 Å². The number of benzene rings is 4. The second-order valence-electron chi connectivity index (χ2n) is 7.05. The van der Waals surface area contributed by atoms with Crippen LogP contribution in [0.4, 0.5) is 0 Å². The minimum atomic E-state index is 0.908. The molecule has 0 aliphatic rings. The maximum atomic E-state index is 6.29. The molecule has 0 spiro atoms. The highest BCUT2D eigenvalue weighted by Gasteiger charge is 2.18. The third-order valence-electron chi connectivity index (χ3n) is 5.61. The van der Waals surface area contributed by atoms with Gasteiger partial charge in [-0.3, -0.25) is 0 Å². The molecule has 7 aromatic rings. The predicted octanol–water partition coefficient (Wildman–Crippen LogP) is 7.12. The van der Waals surface area contributed by atoms with Crippen molar-refractivity contribution in [2.24, 2.45) is 0 Å². The van der Waals surface area contributed by atoms with Crippen molar-refractivity contribution in [1.29, 1.82) is 0 Å². The molecule has 0 aliphatic carbocycles. The van der Waals surface area contributed by atoms with Gasteiger partial charge in [-0.2, -0.15) is 0 Å². The third kappa shape index (κ3) is 1.57. The Labute approximate surface area is 152 Å². The molecule has 7 rings (SSSR count). The van der Waals surface area contributed by atoms with E-state index in [4.69, 9.17) is 8.83 Å². The number of hydrogen-bond acceptors (Lipinski definition) is 2. The first-order chi connectivity index (χ1) is 13.4. The van der Waals surface area contributed by atoms with Crippen molar-refractivity contribution in [2.75, 3.05) is 0 Å². The fourth-order valence-electron chi connectivity index (χ4n) is 4.43. The Morgan fingerprint density at radius 1 is 0.481 bits per heavy atom. The predicted molar refractivity (Wildman–Crippen MR) is 110 cm³/mol. The quantitative estimate of drug-likeness (QED) is 0.317. The van der Waals surface area contributed by atoms with Crippen molar-refractivity contribution in [2.45, 2.75) is 0 Å². The zero-order valence-electron chi connectivity index (χ0n) is 14.2. The Morgan fingerprint density at radius 2 is 0.963 bits per heavy atom. The minimum Gasteiger partial charge on any atom is -0.455 e. The zero-order valence-corrected chi connectivity index (χ0v) is 14.2. The number of rotatable bonds is 0. The van der Waals surface area contributed by atoms with E-state index in [9.17, 15) is 0 Å². The number of nitrogens with one attached hydrogen (secondary N) is 1. The molecule has 0 bridgehead atoms. The summed E-state index contributed by atoms with van der Waals surface area (Å²) in [5.41, 5.74) is 5.76. The lowest BCUT2D eigenvalue weighted by atomic mass is 10.1. The first kappa shape index (κ1) is 13.5. The van der Waals surface area contributed by atoms with E-state index in [1.165, 1.54) is 0 Å². The van der Waals surface area contributed by atoms with Crippen molar-refractivity contribution in [3.63, 3.8) is 0 Å². The lowest BCUT2D eigenvalue weighted by Crippen LogP contribution is -1.71. The summed E-state index contributed by atoms with van der Waals surface area (Å²) in [6, 6.07) is 24.9. The van der Waals surface area contributed by atoms with Crippen molar-refractivity contribution in [3.05, 3.63) is 72.8 Å². The average Bonchev–Trinajstić information content (AvgIpc) is 3.37. The van der Waals surface area contributed by atoms with Gasteiger partial charge in [-0.25, -0.2) is 0 Å². The monoisotopic (exact) mass is 347 g/mol. The fraction of sp³-hybridized carbons (Fsp3) is 0. The van der Waals surface area contributed by atoms with Crippen LogP contribution in [0, 0.1) is 0 Å². The Morgan fingerprint density at radius 3 is 1.48 bits per heavy atom. The van der Waals surface area contributed by atoms with Crippen molar-refractivity contribution in [1.82, 2.24) is 4.98 Å².